The largest absolute Gasteiger partial charge is 0.493 e. The molecular weight excluding hydrogens is 406 g/mol. The molecule has 0 saturated heterocycles. The van der Waals surface area contributed by atoms with E-state index in [0.29, 0.717) is 18.0 Å². The first-order valence-electron chi connectivity index (χ1n) is 11.0. The number of carbonyl (C=O) groups is 1. The quantitative estimate of drug-likeness (QED) is 0.584. The number of ether oxygens (including phenoxy) is 2. The molecule has 0 aliphatic carbocycles. The molecule has 0 bridgehead atoms. The first kappa shape index (κ1) is 22.1. The van der Waals surface area contributed by atoms with E-state index in [1.54, 1.807) is 26.6 Å². The van der Waals surface area contributed by atoms with Crippen LogP contribution >= 0.6 is 0 Å². The third kappa shape index (κ3) is 4.70. The van der Waals surface area contributed by atoms with E-state index in [0.717, 1.165) is 55.1 Å². The molecule has 0 atom stereocenters. The molecule has 8 heteroatoms. The van der Waals surface area contributed by atoms with Crippen molar-refractivity contribution in [2.24, 2.45) is 5.92 Å². The number of carbonyl (C=O) groups excluding carboxylic acids is 1. The number of nitrogens with zero attached hydrogens (tertiary/aromatic N) is 4. The Morgan fingerprint density at radius 2 is 1.88 bits per heavy atom. The van der Waals surface area contributed by atoms with Gasteiger partial charge in [-0.25, -0.2) is 9.67 Å². The lowest BCUT2D eigenvalue weighted by Crippen LogP contribution is -2.37. The van der Waals surface area contributed by atoms with Crippen LogP contribution in [-0.2, 0) is 19.5 Å². The fraction of sp³-hybridized carbons (Fsp3) is 0.458. The van der Waals surface area contributed by atoms with Crippen molar-refractivity contribution < 1.29 is 14.3 Å². The van der Waals surface area contributed by atoms with E-state index >= 15 is 0 Å². The summed E-state index contributed by atoms with van der Waals surface area (Å²) in [7, 11) is 3.31. The number of methoxy groups -OCH3 is 2. The highest BCUT2D eigenvalue weighted by atomic mass is 16.5. The van der Waals surface area contributed by atoms with Crippen LogP contribution < -0.4 is 14.8 Å². The summed E-state index contributed by atoms with van der Waals surface area (Å²) in [6.07, 6.45) is 4.35. The number of benzene rings is 1. The van der Waals surface area contributed by atoms with Gasteiger partial charge in [0.2, 0.25) is 0 Å². The Morgan fingerprint density at radius 3 is 2.59 bits per heavy atom. The number of aromatic nitrogens is 3. The Labute approximate surface area is 188 Å². The summed E-state index contributed by atoms with van der Waals surface area (Å²) >= 11 is 0. The van der Waals surface area contributed by atoms with Crippen molar-refractivity contribution in [1.29, 1.82) is 0 Å². The van der Waals surface area contributed by atoms with Gasteiger partial charge in [0.05, 0.1) is 26.0 Å². The SMILES string of the molecule is COc1cc2c(cc1OC)CN(CCNC(=O)c1cnc3c(cnn3CC(C)C)c1)CC2. The molecule has 2 aromatic heterocycles. The van der Waals surface area contributed by atoms with Crippen molar-refractivity contribution >= 4 is 16.9 Å². The Morgan fingerprint density at radius 1 is 1.12 bits per heavy atom. The van der Waals surface area contributed by atoms with Crippen LogP contribution in [-0.4, -0.2) is 59.4 Å². The average molecular weight is 438 g/mol. The van der Waals surface area contributed by atoms with Gasteiger partial charge in [0, 0.05) is 44.3 Å². The molecule has 0 unspecified atom stereocenters. The van der Waals surface area contributed by atoms with E-state index in [-0.39, 0.29) is 5.91 Å². The van der Waals surface area contributed by atoms with Crippen molar-refractivity contribution in [3.63, 3.8) is 0 Å². The second-order valence-corrected chi connectivity index (χ2v) is 8.62. The van der Waals surface area contributed by atoms with Gasteiger partial charge in [-0.05, 0) is 41.7 Å². The van der Waals surface area contributed by atoms with Gasteiger partial charge in [0.25, 0.3) is 5.91 Å². The highest BCUT2D eigenvalue weighted by Gasteiger charge is 2.19. The molecule has 1 aliphatic rings. The number of nitrogens with one attached hydrogen (secondary N) is 1. The molecule has 32 heavy (non-hydrogen) atoms. The molecule has 0 radical (unpaired) electrons. The van der Waals surface area contributed by atoms with Crippen molar-refractivity contribution in [3.8, 4) is 11.5 Å². The average Bonchev–Trinajstić information content (AvgIpc) is 3.19. The van der Waals surface area contributed by atoms with Gasteiger partial charge in [0.15, 0.2) is 17.1 Å². The van der Waals surface area contributed by atoms with E-state index in [1.807, 2.05) is 10.7 Å². The standard InChI is InChI=1S/C24H31N5O3/c1-16(2)14-29-23-18(13-27-29)9-19(12-26-23)24(30)25-6-8-28-7-5-17-10-21(31-3)22(32-4)11-20(17)15-28/h9-13,16H,5-8,14-15H2,1-4H3,(H,25,30). The molecular formula is C24H31N5O3. The van der Waals surface area contributed by atoms with E-state index in [9.17, 15) is 4.79 Å². The molecule has 0 spiro atoms. The van der Waals surface area contributed by atoms with Crippen molar-refractivity contribution in [2.75, 3.05) is 33.9 Å². The summed E-state index contributed by atoms with van der Waals surface area (Å²) < 4.78 is 12.7. The van der Waals surface area contributed by atoms with E-state index < -0.39 is 0 Å². The van der Waals surface area contributed by atoms with Crippen molar-refractivity contribution in [3.05, 3.63) is 47.3 Å². The maximum absolute atomic E-state index is 12.6. The predicted octanol–water partition coefficient (Wildman–Crippen LogP) is 2.89. The molecule has 4 rings (SSSR count). The molecule has 3 aromatic rings. The van der Waals surface area contributed by atoms with Crippen LogP contribution in [0.2, 0.25) is 0 Å². The number of hydrogen-bond acceptors (Lipinski definition) is 6. The summed E-state index contributed by atoms with van der Waals surface area (Å²) in [5.74, 6) is 1.89. The fourth-order valence-corrected chi connectivity index (χ4v) is 4.14. The Kier molecular flexibility index (Phi) is 6.60. The minimum absolute atomic E-state index is 0.111. The Bertz CT molecular complexity index is 1110. The summed E-state index contributed by atoms with van der Waals surface area (Å²) in [6.45, 7) is 8.22. The second-order valence-electron chi connectivity index (χ2n) is 8.62. The second kappa shape index (κ2) is 9.56. The smallest absolute Gasteiger partial charge is 0.252 e. The Hall–Kier alpha value is -3.13. The zero-order valence-electron chi connectivity index (χ0n) is 19.2. The topological polar surface area (TPSA) is 81.5 Å². The molecule has 1 aromatic carbocycles. The zero-order chi connectivity index (χ0) is 22.7. The summed E-state index contributed by atoms with van der Waals surface area (Å²) in [5, 5.41) is 8.31. The molecule has 1 amide bonds. The molecule has 0 fully saturated rings. The summed E-state index contributed by atoms with van der Waals surface area (Å²) in [5.41, 5.74) is 3.91. The van der Waals surface area contributed by atoms with Crippen molar-refractivity contribution in [2.45, 2.75) is 33.4 Å². The number of fused-ring (bicyclic) bond motifs is 2. The third-order valence-corrected chi connectivity index (χ3v) is 5.79. The molecule has 0 saturated carbocycles. The van der Waals surface area contributed by atoms with Gasteiger partial charge in [-0.1, -0.05) is 13.8 Å². The fourth-order valence-electron chi connectivity index (χ4n) is 4.14. The van der Waals surface area contributed by atoms with Gasteiger partial charge >= 0.3 is 0 Å². The molecule has 1 N–H and O–H groups in total. The van der Waals surface area contributed by atoms with Crippen LogP contribution in [0, 0.1) is 5.92 Å². The van der Waals surface area contributed by atoms with Crippen LogP contribution in [0.5, 0.6) is 11.5 Å². The van der Waals surface area contributed by atoms with Gasteiger partial charge in [-0.15, -0.1) is 0 Å². The highest BCUT2D eigenvalue weighted by molar-refractivity contribution is 5.96. The van der Waals surface area contributed by atoms with Crippen LogP contribution in [0.15, 0.2) is 30.6 Å². The highest BCUT2D eigenvalue weighted by Crippen LogP contribution is 2.33. The van der Waals surface area contributed by atoms with Gasteiger partial charge < -0.3 is 14.8 Å². The summed E-state index contributed by atoms with van der Waals surface area (Å²) in [4.78, 5) is 19.5. The lowest BCUT2D eigenvalue weighted by molar-refractivity contribution is 0.0947. The minimum Gasteiger partial charge on any atom is -0.493 e. The van der Waals surface area contributed by atoms with E-state index in [4.69, 9.17) is 9.47 Å². The monoisotopic (exact) mass is 437 g/mol. The first-order chi connectivity index (χ1) is 15.5. The number of hydrogen-bond donors (Lipinski definition) is 1. The van der Waals surface area contributed by atoms with Crippen LogP contribution in [0.25, 0.3) is 11.0 Å². The molecule has 1 aliphatic heterocycles. The lowest BCUT2D eigenvalue weighted by atomic mass is 9.99. The zero-order valence-corrected chi connectivity index (χ0v) is 19.2. The summed E-state index contributed by atoms with van der Waals surface area (Å²) in [6, 6.07) is 5.98. The van der Waals surface area contributed by atoms with E-state index in [1.165, 1.54) is 11.1 Å². The Balaban J connectivity index is 1.33. The van der Waals surface area contributed by atoms with Crippen LogP contribution in [0.1, 0.15) is 35.3 Å². The normalized spacial score (nSPS) is 13.9. The number of rotatable bonds is 8. The van der Waals surface area contributed by atoms with Crippen molar-refractivity contribution in [1.82, 2.24) is 25.0 Å². The predicted molar refractivity (Wildman–Crippen MR) is 123 cm³/mol. The number of amides is 1. The molecule has 170 valence electrons. The maximum atomic E-state index is 12.6. The molecule has 8 nitrogen and oxygen atoms in total. The van der Waals surface area contributed by atoms with Gasteiger partial charge in [-0.3, -0.25) is 9.69 Å². The van der Waals surface area contributed by atoms with E-state index in [2.05, 4.69) is 46.3 Å². The third-order valence-electron chi connectivity index (χ3n) is 5.79. The van der Waals surface area contributed by atoms with Crippen LogP contribution in [0.3, 0.4) is 0 Å². The lowest BCUT2D eigenvalue weighted by Gasteiger charge is -2.29. The van der Waals surface area contributed by atoms with Gasteiger partial charge in [-0.2, -0.15) is 5.10 Å². The molecule has 3 heterocycles. The minimum atomic E-state index is -0.111. The van der Waals surface area contributed by atoms with Crippen LogP contribution in [0.4, 0.5) is 0 Å². The number of pyridine rings is 1. The van der Waals surface area contributed by atoms with Gasteiger partial charge in [0.1, 0.15) is 0 Å². The maximum Gasteiger partial charge on any atom is 0.252 e. The first-order valence-corrected chi connectivity index (χ1v) is 11.0.